The Labute approximate surface area is 127 Å². The van der Waals surface area contributed by atoms with Crippen molar-refractivity contribution in [3.05, 3.63) is 18.2 Å². The zero-order valence-electron chi connectivity index (χ0n) is 11.5. The largest absolute Gasteiger partial charge is 0.512 e. The van der Waals surface area contributed by atoms with Crippen LogP contribution in [-0.2, 0) is 26.6 Å². The zero-order valence-corrected chi connectivity index (χ0v) is 13.1. The van der Waals surface area contributed by atoms with Crippen molar-refractivity contribution in [2.24, 2.45) is 0 Å². The normalized spacial score (nSPS) is 13.4. The minimum Gasteiger partial charge on any atom is -0.335 e. The second-order valence-corrected chi connectivity index (χ2v) is 7.35. The van der Waals surface area contributed by atoms with E-state index in [4.69, 9.17) is 0 Å². The van der Waals surface area contributed by atoms with Crippen molar-refractivity contribution < 1.29 is 43.2 Å². The van der Waals surface area contributed by atoms with E-state index in [1.54, 1.807) is 0 Å². The van der Waals surface area contributed by atoms with Gasteiger partial charge in [0.15, 0.2) is 0 Å². The van der Waals surface area contributed by atoms with Crippen molar-refractivity contribution in [1.29, 1.82) is 0 Å². The summed E-state index contributed by atoms with van der Waals surface area (Å²) in [4.78, 5) is 4.05. The summed E-state index contributed by atoms with van der Waals surface area (Å²) in [6.45, 7) is 5.13. The Kier molecular flexibility index (Phi) is 6.63. The molecule has 1 rings (SSSR count). The van der Waals surface area contributed by atoms with E-state index < -0.39 is 35.2 Å². The van der Waals surface area contributed by atoms with E-state index in [0.717, 1.165) is 12.4 Å². The fraction of sp³-hybridized carbons (Fsp3) is 0.625. The van der Waals surface area contributed by atoms with E-state index in [2.05, 4.69) is 16.5 Å². The number of aryl methyl sites for hydroxylation is 2. The number of hydrogen-bond donors (Lipinski definition) is 1. The standard InChI is InChI=1S/C6H10N2.C2HF6NO4S2/c1-3-8-5-4-7-6(8)2;3-1(4,5)14(10,11)9-15(12,13)2(6,7)8/h4-5H,3H2,1-2H3;9H. The van der Waals surface area contributed by atoms with E-state index >= 15 is 0 Å². The van der Waals surface area contributed by atoms with Gasteiger partial charge in [-0.15, -0.1) is 0 Å². The molecule has 1 N–H and O–H groups in total. The fourth-order valence-electron chi connectivity index (χ4n) is 0.977. The summed E-state index contributed by atoms with van der Waals surface area (Å²) >= 11 is 0. The lowest BCUT2D eigenvalue weighted by molar-refractivity contribution is -0.0476. The van der Waals surface area contributed by atoms with Gasteiger partial charge >= 0.3 is 31.1 Å². The molecule has 0 fully saturated rings. The molecule has 0 aromatic carbocycles. The summed E-state index contributed by atoms with van der Waals surface area (Å²) in [5.74, 6) is 1.09. The van der Waals surface area contributed by atoms with Crippen LogP contribution in [0.25, 0.3) is 0 Å². The van der Waals surface area contributed by atoms with Gasteiger partial charge in [0, 0.05) is 18.9 Å². The van der Waals surface area contributed by atoms with Crippen LogP contribution in [0.2, 0.25) is 0 Å². The maximum Gasteiger partial charge on any atom is 0.512 e. The van der Waals surface area contributed by atoms with Gasteiger partial charge < -0.3 is 4.57 Å². The first-order valence-electron chi connectivity index (χ1n) is 5.44. The van der Waals surface area contributed by atoms with Crippen molar-refractivity contribution >= 4 is 20.0 Å². The number of alkyl halides is 6. The van der Waals surface area contributed by atoms with Crippen LogP contribution >= 0.6 is 0 Å². The molecule has 0 unspecified atom stereocenters. The summed E-state index contributed by atoms with van der Waals surface area (Å²) in [6.07, 6.45) is 3.80. The lowest BCUT2D eigenvalue weighted by Crippen LogP contribution is -2.45. The van der Waals surface area contributed by atoms with E-state index in [-0.39, 0.29) is 0 Å². The third kappa shape index (κ3) is 5.98. The lowest BCUT2D eigenvalue weighted by atomic mass is 10.6. The second-order valence-electron chi connectivity index (χ2n) is 3.74. The summed E-state index contributed by atoms with van der Waals surface area (Å²) in [7, 11) is -13.2. The van der Waals surface area contributed by atoms with Crippen molar-refractivity contribution in [2.45, 2.75) is 31.4 Å². The average molecular weight is 391 g/mol. The quantitative estimate of drug-likeness (QED) is 0.788. The Morgan fingerprint density at radius 3 is 1.61 bits per heavy atom. The Morgan fingerprint density at radius 2 is 1.43 bits per heavy atom. The molecular weight excluding hydrogens is 380 g/mol. The number of rotatable bonds is 3. The van der Waals surface area contributed by atoms with Crippen LogP contribution in [0.4, 0.5) is 26.3 Å². The maximum absolute atomic E-state index is 11.5. The number of imidazole rings is 1. The van der Waals surface area contributed by atoms with Gasteiger partial charge in [0.05, 0.1) is 0 Å². The third-order valence-corrected chi connectivity index (χ3v) is 5.07. The molecule has 0 aliphatic rings. The molecule has 7 nitrogen and oxygen atoms in total. The number of hydrogen-bond acceptors (Lipinski definition) is 5. The van der Waals surface area contributed by atoms with Crippen LogP contribution in [0.1, 0.15) is 12.7 Å². The molecule has 1 aromatic heterocycles. The van der Waals surface area contributed by atoms with Crippen LogP contribution in [0.3, 0.4) is 0 Å². The number of halogens is 6. The average Bonchev–Trinajstić information content (AvgIpc) is 2.71. The molecule has 23 heavy (non-hydrogen) atoms. The summed E-state index contributed by atoms with van der Waals surface area (Å²) in [6, 6.07) is 0. The highest BCUT2D eigenvalue weighted by Crippen LogP contribution is 2.27. The Morgan fingerprint density at radius 1 is 1.04 bits per heavy atom. The highest BCUT2D eigenvalue weighted by atomic mass is 32.3. The SMILES string of the molecule is CCn1ccnc1C.O=S(=O)(NS(=O)(=O)C(F)(F)F)C(F)(F)F. The molecule has 0 amide bonds. The zero-order chi connectivity index (χ0) is 18.7. The molecule has 0 spiro atoms. The van der Waals surface area contributed by atoms with Crippen LogP contribution in [-0.4, -0.2) is 37.4 Å². The van der Waals surface area contributed by atoms with Crippen LogP contribution in [0, 0.1) is 6.92 Å². The first-order chi connectivity index (χ1) is 10.0. The van der Waals surface area contributed by atoms with Gasteiger partial charge in [-0.05, 0) is 13.8 Å². The lowest BCUT2D eigenvalue weighted by Gasteiger charge is -2.11. The summed E-state index contributed by atoms with van der Waals surface area (Å²) in [5.41, 5.74) is -12.3. The second kappa shape index (κ2) is 7.04. The highest BCUT2D eigenvalue weighted by Gasteiger charge is 2.55. The molecule has 1 aromatic rings. The number of nitrogens with one attached hydrogen (secondary N) is 1. The monoisotopic (exact) mass is 391 g/mol. The first-order valence-corrected chi connectivity index (χ1v) is 8.40. The van der Waals surface area contributed by atoms with E-state index in [1.165, 1.54) is 0 Å². The van der Waals surface area contributed by atoms with Gasteiger partial charge in [0.2, 0.25) is 0 Å². The van der Waals surface area contributed by atoms with Gasteiger partial charge in [0.25, 0.3) is 0 Å². The Bertz CT molecular complexity index is 678. The summed E-state index contributed by atoms with van der Waals surface area (Å²) in [5, 5.41) is 0. The minimum absolute atomic E-state index is 0.493. The molecular formula is C8H11F6N3O4S2. The molecule has 0 aliphatic carbocycles. The van der Waals surface area contributed by atoms with E-state index in [9.17, 15) is 43.2 Å². The fourth-order valence-corrected chi connectivity index (χ4v) is 2.89. The number of aromatic nitrogens is 2. The molecule has 15 heteroatoms. The molecule has 0 aliphatic heterocycles. The van der Waals surface area contributed by atoms with Crippen molar-refractivity contribution in [2.75, 3.05) is 0 Å². The molecule has 0 atom stereocenters. The molecule has 0 saturated heterocycles. The highest BCUT2D eigenvalue weighted by molar-refractivity contribution is 8.05. The number of nitrogens with zero attached hydrogens (tertiary/aromatic N) is 2. The number of sulfonamides is 2. The Balaban J connectivity index is 0.000000502. The topological polar surface area (TPSA) is 98.1 Å². The summed E-state index contributed by atoms with van der Waals surface area (Å²) < 4.78 is 110. The first kappa shape index (κ1) is 21.6. The smallest absolute Gasteiger partial charge is 0.335 e. The van der Waals surface area contributed by atoms with E-state index in [1.807, 2.05) is 19.3 Å². The van der Waals surface area contributed by atoms with Crippen molar-refractivity contribution in [1.82, 2.24) is 13.7 Å². The third-order valence-electron chi connectivity index (χ3n) is 2.09. The van der Waals surface area contributed by atoms with Gasteiger partial charge in [-0.2, -0.15) is 26.3 Å². The molecule has 0 radical (unpaired) electrons. The minimum atomic E-state index is -6.60. The van der Waals surface area contributed by atoms with Gasteiger partial charge in [0.1, 0.15) is 5.82 Å². The van der Waals surface area contributed by atoms with Gasteiger partial charge in [-0.1, -0.05) is 4.13 Å². The van der Waals surface area contributed by atoms with Crippen molar-refractivity contribution in [3.63, 3.8) is 0 Å². The molecule has 0 saturated carbocycles. The Hall–Kier alpha value is -1.35. The van der Waals surface area contributed by atoms with Crippen molar-refractivity contribution in [3.8, 4) is 0 Å². The molecule has 1 heterocycles. The van der Waals surface area contributed by atoms with E-state index in [0.29, 0.717) is 0 Å². The van der Waals surface area contributed by atoms with Gasteiger partial charge in [-0.25, -0.2) is 21.8 Å². The molecule has 0 bridgehead atoms. The van der Waals surface area contributed by atoms with Crippen LogP contribution in [0.5, 0.6) is 0 Å². The predicted octanol–water partition coefficient (Wildman–Crippen LogP) is 1.49. The predicted molar refractivity (Wildman–Crippen MR) is 65.7 cm³/mol. The van der Waals surface area contributed by atoms with Gasteiger partial charge in [-0.3, -0.25) is 0 Å². The van der Waals surface area contributed by atoms with Crippen LogP contribution in [0.15, 0.2) is 12.4 Å². The van der Waals surface area contributed by atoms with Crippen LogP contribution < -0.4 is 4.13 Å². The molecule has 136 valence electrons. The maximum atomic E-state index is 11.5.